The number of carbonyl (C=O) groups excluding carboxylic acids is 2. The topological polar surface area (TPSA) is 86.9 Å². The number of H-pyrrole nitrogens is 1. The molecule has 0 saturated heterocycles. The zero-order chi connectivity index (χ0) is 16.9. The number of amides is 2. The quantitative estimate of drug-likeness (QED) is 0.626. The molecular weight excluding hydrogens is 311 g/mol. The minimum Gasteiger partial charge on any atom is -0.350 e. The molecule has 3 aromatic rings. The van der Waals surface area contributed by atoms with Crippen LogP contribution in [0, 0.1) is 5.82 Å². The van der Waals surface area contributed by atoms with Crippen LogP contribution in [0.15, 0.2) is 48.8 Å². The minimum atomic E-state index is -0.577. The van der Waals surface area contributed by atoms with Crippen molar-refractivity contribution < 1.29 is 14.0 Å². The zero-order valence-electron chi connectivity index (χ0n) is 12.7. The van der Waals surface area contributed by atoms with E-state index in [9.17, 15) is 14.0 Å². The van der Waals surface area contributed by atoms with E-state index < -0.39 is 11.7 Å². The lowest BCUT2D eigenvalue weighted by molar-refractivity contribution is 0.0925. The van der Waals surface area contributed by atoms with Gasteiger partial charge in [0.05, 0.1) is 22.9 Å². The number of halogens is 1. The van der Waals surface area contributed by atoms with Gasteiger partial charge in [0.2, 0.25) is 0 Å². The van der Waals surface area contributed by atoms with Crippen LogP contribution in [0.25, 0.3) is 11.0 Å². The SMILES string of the molecule is O=C(NCCNC(=O)c1ccccc1F)c1ccc2nc[nH]c2c1. The molecule has 3 N–H and O–H groups in total. The fourth-order valence-electron chi connectivity index (χ4n) is 2.27. The number of hydrogen-bond acceptors (Lipinski definition) is 3. The molecule has 0 fully saturated rings. The van der Waals surface area contributed by atoms with Gasteiger partial charge in [-0.25, -0.2) is 9.37 Å². The first-order valence-electron chi connectivity index (χ1n) is 7.39. The van der Waals surface area contributed by atoms with Gasteiger partial charge in [0.25, 0.3) is 11.8 Å². The first kappa shape index (κ1) is 15.7. The molecule has 24 heavy (non-hydrogen) atoms. The molecule has 6 nitrogen and oxygen atoms in total. The smallest absolute Gasteiger partial charge is 0.254 e. The summed E-state index contributed by atoms with van der Waals surface area (Å²) in [6.45, 7) is 0.436. The van der Waals surface area contributed by atoms with Crippen molar-refractivity contribution in [2.24, 2.45) is 0 Å². The van der Waals surface area contributed by atoms with E-state index in [1.807, 2.05) is 0 Å². The summed E-state index contributed by atoms with van der Waals surface area (Å²) in [4.78, 5) is 30.9. The highest BCUT2D eigenvalue weighted by Crippen LogP contribution is 2.11. The number of aromatic amines is 1. The number of benzene rings is 2. The molecule has 3 rings (SSSR count). The molecule has 0 aliphatic heterocycles. The van der Waals surface area contributed by atoms with Crippen LogP contribution in [0.3, 0.4) is 0 Å². The van der Waals surface area contributed by atoms with Gasteiger partial charge in [0.15, 0.2) is 0 Å². The number of carbonyl (C=O) groups is 2. The molecular formula is C17H15FN4O2. The summed E-state index contributed by atoms with van der Waals surface area (Å²) in [5, 5.41) is 5.26. The minimum absolute atomic E-state index is 0.0199. The van der Waals surface area contributed by atoms with Crippen molar-refractivity contribution in [3.63, 3.8) is 0 Å². The highest BCUT2D eigenvalue weighted by atomic mass is 19.1. The van der Waals surface area contributed by atoms with Crippen LogP contribution in [-0.4, -0.2) is 34.9 Å². The summed E-state index contributed by atoms with van der Waals surface area (Å²) in [7, 11) is 0. The number of imidazole rings is 1. The molecule has 2 aromatic carbocycles. The van der Waals surface area contributed by atoms with Crippen molar-refractivity contribution in [2.45, 2.75) is 0 Å². The Morgan fingerprint density at radius 1 is 1.04 bits per heavy atom. The predicted molar refractivity (Wildman–Crippen MR) is 87.2 cm³/mol. The Hall–Kier alpha value is -3.22. The third-order valence-corrected chi connectivity index (χ3v) is 3.50. The Kier molecular flexibility index (Phi) is 4.51. The molecule has 1 heterocycles. The van der Waals surface area contributed by atoms with Gasteiger partial charge in [-0.05, 0) is 30.3 Å². The molecule has 2 amide bonds. The van der Waals surface area contributed by atoms with E-state index in [0.29, 0.717) is 5.56 Å². The van der Waals surface area contributed by atoms with Gasteiger partial charge >= 0.3 is 0 Å². The molecule has 0 saturated carbocycles. The highest BCUT2D eigenvalue weighted by Gasteiger charge is 2.10. The average Bonchev–Trinajstić information content (AvgIpc) is 3.06. The maximum Gasteiger partial charge on any atom is 0.254 e. The van der Waals surface area contributed by atoms with Crippen LogP contribution in [-0.2, 0) is 0 Å². The number of nitrogens with zero attached hydrogens (tertiary/aromatic N) is 1. The van der Waals surface area contributed by atoms with E-state index in [1.54, 1.807) is 30.6 Å². The summed E-state index contributed by atoms with van der Waals surface area (Å²) in [5.41, 5.74) is 2.03. The van der Waals surface area contributed by atoms with Crippen LogP contribution in [0.5, 0.6) is 0 Å². The van der Waals surface area contributed by atoms with Gasteiger partial charge in [-0.1, -0.05) is 12.1 Å². The van der Waals surface area contributed by atoms with Gasteiger partial charge < -0.3 is 15.6 Å². The Bertz CT molecular complexity index is 891. The third kappa shape index (κ3) is 3.40. The van der Waals surface area contributed by atoms with Gasteiger partial charge in [0, 0.05) is 18.7 Å². The largest absolute Gasteiger partial charge is 0.350 e. The van der Waals surface area contributed by atoms with Crippen molar-refractivity contribution >= 4 is 22.8 Å². The van der Waals surface area contributed by atoms with Crippen molar-refractivity contribution in [3.05, 3.63) is 65.7 Å². The maximum atomic E-state index is 13.5. The second-order valence-electron chi connectivity index (χ2n) is 5.13. The van der Waals surface area contributed by atoms with E-state index in [0.717, 1.165) is 11.0 Å². The second kappa shape index (κ2) is 6.91. The van der Waals surface area contributed by atoms with E-state index in [1.165, 1.54) is 18.2 Å². The molecule has 122 valence electrons. The number of fused-ring (bicyclic) bond motifs is 1. The van der Waals surface area contributed by atoms with E-state index >= 15 is 0 Å². The fourth-order valence-corrected chi connectivity index (χ4v) is 2.27. The number of nitrogens with one attached hydrogen (secondary N) is 3. The lowest BCUT2D eigenvalue weighted by atomic mass is 10.2. The average molecular weight is 326 g/mol. The summed E-state index contributed by atoms with van der Waals surface area (Å²) in [6.07, 6.45) is 1.56. The van der Waals surface area contributed by atoms with Crippen LogP contribution >= 0.6 is 0 Å². The Balaban J connectivity index is 1.50. The lowest BCUT2D eigenvalue weighted by Gasteiger charge is -2.08. The Morgan fingerprint density at radius 2 is 1.79 bits per heavy atom. The molecule has 0 radical (unpaired) electrons. The predicted octanol–water partition coefficient (Wildman–Crippen LogP) is 1.86. The zero-order valence-corrected chi connectivity index (χ0v) is 12.7. The molecule has 0 unspecified atom stereocenters. The monoisotopic (exact) mass is 326 g/mol. The lowest BCUT2D eigenvalue weighted by Crippen LogP contribution is -2.35. The summed E-state index contributed by atoms with van der Waals surface area (Å²) < 4.78 is 13.5. The molecule has 1 aromatic heterocycles. The molecule has 0 atom stereocenters. The van der Waals surface area contributed by atoms with Crippen molar-refractivity contribution in [2.75, 3.05) is 13.1 Å². The summed E-state index contributed by atoms with van der Waals surface area (Å²) in [5.74, 6) is -1.35. The molecule has 0 spiro atoms. The Labute approximate surface area is 137 Å². The summed E-state index contributed by atoms with van der Waals surface area (Å²) >= 11 is 0. The van der Waals surface area contributed by atoms with Crippen molar-refractivity contribution in [1.29, 1.82) is 0 Å². The fraction of sp³-hybridized carbons (Fsp3) is 0.118. The summed E-state index contributed by atoms with van der Waals surface area (Å²) in [6, 6.07) is 10.9. The first-order valence-corrected chi connectivity index (χ1v) is 7.39. The first-order chi connectivity index (χ1) is 11.6. The van der Waals surface area contributed by atoms with Crippen LogP contribution in [0.1, 0.15) is 20.7 Å². The maximum absolute atomic E-state index is 13.5. The van der Waals surface area contributed by atoms with Crippen molar-refractivity contribution in [3.8, 4) is 0 Å². The molecule has 0 aliphatic rings. The van der Waals surface area contributed by atoms with Crippen molar-refractivity contribution in [1.82, 2.24) is 20.6 Å². The van der Waals surface area contributed by atoms with Gasteiger partial charge in [-0.15, -0.1) is 0 Å². The molecule has 0 bridgehead atoms. The molecule has 7 heteroatoms. The number of aromatic nitrogens is 2. The molecule has 0 aliphatic carbocycles. The van der Waals surface area contributed by atoms with E-state index in [-0.39, 0.29) is 24.6 Å². The highest BCUT2D eigenvalue weighted by molar-refractivity contribution is 5.97. The van der Waals surface area contributed by atoms with Crippen LogP contribution in [0.4, 0.5) is 4.39 Å². The standard InChI is InChI=1S/C17H15FN4O2/c18-13-4-2-1-3-12(13)17(24)20-8-7-19-16(23)11-5-6-14-15(9-11)22-10-21-14/h1-6,9-10H,7-8H2,(H,19,23)(H,20,24)(H,21,22). The van der Waals surface area contributed by atoms with Crippen LogP contribution < -0.4 is 10.6 Å². The van der Waals surface area contributed by atoms with Gasteiger partial charge in [-0.3, -0.25) is 9.59 Å². The Morgan fingerprint density at radius 3 is 2.58 bits per heavy atom. The second-order valence-corrected chi connectivity index (χ2v) is 5.13. The third-order valence-electron chi connectivity index (χ3n) is 3.50. The number of rotatable bonds is 5. The van der Waals surface area contributed by atoms with E-state index in [4.69, 9.17) is 0 Å². The number of hydrogen-bond donors (Lipinski definition) is 3. The van der Waals surface area contributed by atoms with E-state index in [2.05, 4.69) is 20.6 Å². The van der Waals surface area contributed by atoms with Crippen LogP contribution in [0.2, 0.25) is 0 Å². The van der Waals surface area contributed by atoms with Gasteiger partial charge in [-0.2, -0.15) is 0 Å². The normalized spacial score (nSPS) is 10.5. The van der Waals surface area contributed by atoms with Gasteiger partial charge in [0.1, 0.15) is 5.82 Å².